The van der Waals surface area contributed by atoms with Gasteiger partial charge >= 0.3 is 0 Å². The zero-order valence-corrected chi connectivity index (χ0v) is 27.8. The highest BCUT2D eigenvalue weighted by Crippen LogP contribution is 2.45. The van der Waals surface area contributed by atoms with Crippen molar-refractivity contribution < 1.29 is 31.7 Å². The SMILES string of the molecule is COC1=C(OC)C(=O)C(CCCCCCCCCCOS(=O)(=O)C(c2ccccc2)(c2ccccc2)c2ccccc2)=C(C)C1=O. The smallest absolute Gasteiger partial charge is 0.285 e. The van der Waals surface area contributed by atoms with E-state index in [0.717, 1.165) is 44.9 Å². The summed E-state index contributed by atoms with van der Waals surface area (Å²) in [6.07, 6.45) is 7.85. The van der Waals surface area contributed by atoms with Gasteiger partial charge in [0.05, 0.1) is 20.8 Å². The third kappa shape index (κ3) is 7.51. The van der Waals surface area contributed by atoms with Gasteiger partial charge in [-0.2, -0.15) is 8.42 Å². The minimum absolute atomic E-state index is 0.0178. The summed E-state index contributed by atoms with van der Waals surface area (Å²) in [6, 6.07) is 27.8. The Hall–Kier alpha value is -4.01. The van der Waals surface area contributed by atoms with Crippen LogP contribution in [0.2, 0.25) is 0 Å². The first kappa shape index (κ1) is 34.9. The standard InChI is InChI=1S/C38H44O7S/c1-29-33(35(40)37(44-3)36(43-2)34(29)39)27-19-8-6-4-5-7-9-20-28-45-46(41,42)38(30-21-13-10-14-22-30,31-23-15-11-16-24-31)32-25-17-12-18-26-32/h10-18,21-26H,4-9,19-20,27-28H2,1-3H3. The van der Waals surface area contributed by atoms with Gasteiger partial charge in [-0.05, 0) is 42.9 Å². The molecule has 0 radical (unpaired) electrons. The number of Topliss-reactive ketones (excluding diaryl/α,β-unsaturated/α-hetero) is 2. The molecule has 0 saturated carbocycles. The molecule has 0 saturated heterocycles. The van der Waals surface area contributed by atoms with E-state index in [1.54, 1.807) is 6.92 Å². The fourth-order valence-electron chi connectivity index (χ4n) is 6.17. The third-order valence-corrected chi connectivity index (χ3v) is 10.5. The molecule has 244 valence electrons. The van der Waals surface area contributed by atoms with E-state index < -0.39 is 14.9 Å². The molecule has 1 aliphatic carbocycles. The molecule has 0 aliphatic heterocycles. The summed E-state index contributed by atoms with van der Waals surface area (Å²) in [4.78, 5) is 25.3. The second kappa shape index (κ2) is 16.5. The Morgan fingerprint density at radius 3 is 1.39 bits per heavy atom. The van der Waals surface area contributed by atoms with E-state index in [-0.39, 0.29) is 29.7 Å². The zero-order valence-electron chi connectivity index (χ0n) is 27.0. The van der Waals surface area contributed by atoms with E-state index in [1.165, 1.54) is 14.2 Å². The van der Waals surface area contributed by atoms with Crippen LogP contribution in [0.15, 0.2) is 114 Å². The number of unbranched alkanes of at least 4 members (excludes halogenated alkanes) is 7. The van der Waals surface area contributed by atoms with Gasteiger partial charge in [0.15, 0.2) is 4.75 Å². The van der Waals surface area contributed by atoms with Crippen molar-refractivity contribution in [3.63, 3.8) is 0 Å². The monoisotopic (exact) mass is 644 g/mol. The number of benzene rings is 3. The molecule has 0 atom stereocenters. The Bertz CT molecular complexity index is 1530. The Labute approximate surface area is 273 Å². The lowest BCUT2D eigenvalue weighted by Crippen LogP contribution is -2.40. The fraction of sp³-hybridized carbons (Fsp3) is 0.368. The number of ether oxygens (including phenoxy) is 2. The van der Waals surface area contributed by atoms with Gasteiger partial charge in [-0.1, -0.05) is 130 Å². The van der Waals surface area contributed by atoms with Crippen LogP contribution in [0.3, 0.4) is 0 Å². The quantitative estimate of drug-likeness (QED) is 0.0603. The van der Waals surface area contributed by atoms with Crippen LogP contribution < -0.4 is 0 Å². The predicted octanol–water partition coefficient (Wildman–Crippen LogP) is 7.81. The summed E-state index contributed by atoms with van der Waals surface area (Å²) in [5.41, 5.74) is 2.84. The number of ketones is 2. The van der Waals surface area contributed by atoms with Crippen LogP contribution in [0.25, 0.3) is 0 Å². The molecule has 0 bridgehead atoms. The molecule has 3 aromatic carbocycles. The lowest BCUT2D eigenvalue weighted by molar-refractivity contribution is -0.121. The average molecular weight is 645 g/mol. The Morgan fingerprint density at radius 2 is 0.957 bits per heavy atom. The van der Waals surface area contributed by atoms with Crippen molar-refractivity contribution in [1.29, 1.82) is 0 Å². The van der Waals surface area contributed by atoms with E-state index in [2.05, 4.69) is 0 Å². The molecule has 0 spiro atoms. The van der Waals surface area contributed by atoms with E-state index >= 15 is 0 Å². The summed E-state index contributed by atoms with van der Waals surface area (Å²) in [7, 11) is -1.41. The summed E-state index contributed by atoms with van der Waals surface area (Å²) in [5.74, 6) is -0.610. The van der Waals surface area contributed by atoms with Crippen LogP contribution >= 0.6 is 0 Å². The van der Waals surface area contributed by atoms with Gasteiger partial charge in [0, 0.05) is 11.1 Å². The normalized spacial score (nSPS) is 14.2. The van der Waals surface area contributed by atoms with Gasteiger partial charge in [-0.3, -0.25) is 13.8 Å². The van der Waals surface area contributed by atoms with Gasteiger partial charge < -0.3 is 9.47 Å². The first-order chi connectivity index (χ1) is 22.3. The largest absolute Gasteiger partial charge is 0.489 e. The molecule has 0 aromatic heterocycles. The summed E-state index contributed by atoms with van der Waals surface area (Å²) >= 11 is 0. The molecule has 0 fully saturated rings. The van der Waals surface area contributed by atoms with Crippen molar-refractivity contribution in [3.05, 3.63) is 130 Å². The highest BCUT2D eigenvalue weighted by Gasteiger charge is 2.49. The first-order valence-corrected chi connectivity index (χ1v) is 17.4. The van der Waals surface area contributed by atoms with Crippen molar-refractivity contribution in [1.82, 2.24) is 0 Å². The lowest BCUT2D eigenvalue weighted by atomic mass is 9.84. The van der Waals surface area contributed by atoms with Crippen LogP contribution in [0, 0.1) is 0 Å². The van der Waals surface area contributed by atoms with Crippen molar-refractivity contribution in [2.24, 2.45) is 0 Å². The maximum Gasteiger partial charge on any atom is 0.285 e. The van der Waals surface area contributed by atoms with Gasteiger partial charge in [0.25, 0.3) is 10.1 Å². The summed E-state index contributed by atoms with van der Waals surface area (Å²) < 4.78 is 43.1. The maximum atomic E-state index is 14.2. The third-order valence-electron chi connectivity index (χ3n) is 8.57. The Morgan fingerprint density at radius 1 is 0.565 bits per heavy atom. The van der Waals surface area contributed by atoms with Crippen molar-refractivity contribution in [3.8, 4) is 0 Å². The van der Waals surface area contributed by atoms with Crippen molar-refractivity contribution in [2.45, 2.75) is 69.5 Å². The minimum Gasteiger partial charge on any atom is -0.489 e. The molecular weight excluding hydrogens is 600 g/mol. The highest BCUT2D eigenvalue weighted by molar-refractivity contribution is 7.88. The molecule has 3 aromatic rings. The Balaban J connectivity index is 1.26. The maximum absolute atomic E-state index is 14.2. The van der Waals surface area contributed by atoms with Crippen LogP contribution in [-0.2, 0) is 38.1 Å². The van der Waals surface area contributed by atoms with Gasteiger partial charge in [0.2, 0.25) is 23.1 Å². The molecule has 8 heteroatoms. The zero-order chi connectivity index (χ0) is 33.0. The second-order valence-corrected chi connectivity index (χ2v) is 13.2. The number of carbonyl (C=O) groups is 2. The van der Waals surface area contributed by atoms with E-state index in [1.807, 2.05) is 91.0 Å². The van der Waals surface area contributed by atoms with Crippen LogP contribution in [0.1, 0.15) is 81.4 Å². The van der Waals surface area contributed by atoms with E-state index in [4.69, 9.17) is 13.7 Å². The molecule has 7 nitrogen and oxygen atoms in total. The van der Waals surface area contributed by atoms with Crippen LogP contribution in [0.5, 0.6) is 0 Å². The number of hydrogen-bond donors (Lipinski definition) is 0. The van der Waals surface area contributed by atoms with E-state index in [0.29, 0.717) is 40.7 Å². The van der Waals surface area contributed by atoms with E-state index in [9.17, 15) is 18.0 Å². The summed E-state index contributed by atoms with van der Waals surface area (Å²) in [6.45, 7) is 1.78. The number of allylic oxidation sites excluding steroid dienone is 2. The van der Waals surface area contributed by atoms with Crippen molar-refractivity contribution >= 4 is 21.7 Å². The Kier molecular flexibility index (Phi) is 12.5. The molecule has 0 amide bonds. The van der Waals surface area contributed by atoms with Crippen molar-refractivity contribution in [2.75, 3.05) is 20.8 Å². The molecular formula is C38H44O7S. The minimum atomic E-state index is -4.15. The average Bonchev–Trinajstić information content (AvgIpc) is 3.08. The number of methoxy groups -OCH3 is 2. The second-order valence-electron chi connectivity index (χ2n) is 11.5. The van der Waals surface area contributed by atoms with Crippen LogP contribution in [0.4, 0.5) is 0 Å². The molecule has 4 rings (SSSR count). The summed E-state index contributed by atoms with van der Waals surface area (Å²) in [5, 5.41) is 0. The van der Waals surface area contributed by atoms with Gasteiger partial charge in [-0.25, -0.2) is 0 Å². The topological polar surface area (TPSA) is 96.0 Å². The molecule has 0 heterocycles. The van der Waals surface area contributed by atoms with Gasteiger partial charge in [-0.15, -0.1) is 0 Å². The molecule has 0 N–H and O–H groups in total. The number of hydrogen-bond acceptors (Lipinski definition) is 7. The lowest BCUT2D eigenvalue weighted by Gasteiger charge is -2.34. The molecule has 46 heavy (non-hydrogen) atoms. The van der Waals surface area contributed by atoms with Crippen LogP contribution in [-0.4, -0.2) is 40.8 Å². The first-order valence-electron chi connectivity index (χ1n) is 16.0. The molecule has 1 aliphatic rings. The highest BCUT2D eigenvalue weighted by atomic mass is 32.2. The number of carbonyl (C=O) groups excluding carboxylic acids is 2. The van der Waals surface area contributed by atoms with Gasteiger partial charge in [0.1, 0.15) is 0 Å². The predicted molar refractivity (Wildman–Crippen MR) is 179 cm³/mol. The number of rotatable bonds is 18. The molecule has 0 unspecified atom stereocenters. The fourth-order valence-corrected chi connectivity index (χ4v) is 7.95.